The van der Waals surface area contributed by atoms with Gasteiger partial charge in [-0.1, -0.05) is 44.2 Å². The second-order valence-electron chi connectivity index (χ2n) is 11.5. The number of esters is 1. The Bertz CT molecular complexity index is 1080. The van der Waals surface area contributed by atoms with Gasteiger partial charge in [0.05, 0.1) is 6.42 Å². The Morgan fingerprint density at radius 2 is 1.82 bits per heavy atom. The predicted molar refractivity (Wildman–Crippen MR) is 133 cm³/mol. The summed E-state index contributed by atoms with van der Waals surface area (Å²) in [4.78, 5) is 48.8. The van der Waals surface area contributed by atoms with Crippen LogP contribution in [0.4, 0.5) is 0 Å². The number of carboxylic acid groups (broad SMARTS) is 1. The van der Waals surface area contributed by atoms with Crippen molar-refractivity contribution in [1.29, 1.82) is 0 Å². The minimum atomic E-state index is -1.57. The third-order valence-electron chi connectivity index (χ3n) is 8.94. The van der Waals surface area contributed by atoms with Crippen LogP contribution < -0.4 is 5.32 Å². The maximum Gasteiger partial charge on any atom is 0.329 e. The predicted octanol–water partition coefficient (Wildman–Crippen LogP) is 2.82. The fourth-order valence-corrected chi connectivity index (χ4v) is 6.77. The second-order valence-corrected chi connectivity index (χ2v) is 11.5. The van der Waals surface area contributed by atoms with Crippen molar-refractivity contribution in [1.82, 2.24) is 5.32 Å². The minimum Gasteiger partial charge on any atom is -0.480 e. The highest BCUT2D eigenvalue weighted by Gasteiger charge is 2.69. The molecule has 214 valence electrons. The van der Waals surface area contributed by atoms with E-state index in [-0.39, 0.29) is 30.6 Å². The fraction of sp³-hybridized carbons (Fsp3) is 0.679. The Morgan fingerprint density at radius 1 is 1.08 bits per heavy atom. The smallest absolute Gasteiger partial charge is 0.329 e. The highest BCUT2D eigenvalue weighted by atomic mass is 17.3. The molecule has 39 heavy (non-hydrogen) atoms. The van der Waals surface area contributed by atoms with Crippen molar-refractivity contribution in [2.24, 2.45) is 23.7 Å². The van der Waals surface area contributed by atoms with Crippen LogP contribution in [0.2, 0.25) is 0 Å². The van der Waals surface area contributed by atoms with Crippen molar-refractivity contribution in [2.75, 3.05) is 0 Å². The highest BCUT2D eigenvalue weighted by molar-refractivity contribution is 5.86. The molecule has 5 aliphatic rings. The number of amides is 1. The van der Waals surface area contributed by atoms with E-state index in [0.29, 0.717) is 17.9 Å². The van der Waals surface area contributed by atoms with E-state index in [1.807, 2.05) is 13.8 Å². The third-order valence-corrected chi connectivity index (χ3v) is 8.94. The fourth-order valence-electron chi connectivity index (χ4n) is 6.77. The van der Waals surface area contributed by atoms with Crippen molar-refractivity contribution in [3.63, 3.8) is 0 Å². The molecule has 6 rings (SSSR count). The van der Waals surface area contributed by atoms with E-state index >= 15 is 0 Å². The van der Waals surface area contributed by atoms with Crippen LogP contribution in [-0.2, 0) is 38.4 Å². The largest absolute Gasteiger partial charge is 0.480 e. The summed E-state index contributed by atoms with van der Waals surface area (Å²) in [6, 6.07) is 6.61. The van der Waals surface area contributed by atoms with Crippen molar-refractivity contribution in [2.45, 2.75) is 95.4 Å². The molecule has 1 amide bonds. The molecule has 4 saturated heterocycles. The van der Waals surface area contributed by atoms with Gasteiger partial charge < -0.3 is 29.7 Å². The molecular formula is C28H37NO10. The number of carbonyl (C=O) groups excluding carboxylic acids is 2. The lowest BCUT2D eigenvalue weighted by Crippen LogP contribution is -2.70. The lowest BCUT2D eigenvalue weighted by atomic mass is 9.58. The van der Waals surface area contributed by atoms with Gasteiger partial charge in [-0.15, -0.1) is 0 Å². The summed E-state index contributed by atoms with van der Waals surface area (Å²) >= 11 is 0. The first-order valence-electron chi connectivity index (χ1n) is 13.7. The second kappa shape index (κ2) is 10.8. The zero-order valence-electron chi connectivity index (χ0n) is 22.4. The van der Waals surface area contributed by atoms with Crippen LogP contribution in [0.5, 0.6) is 0 Å². The third kappa shape index (κ3) is 5.18. The molecule has 1 aromatic rings. The molecule has 5 fully saturated rings. The minimum absolute atomic E-state index is 0.0167. The number of aliphatic hydroxyl groups excluding tert-OH is 1. The van der Waals surface area contributed by atoms with Crippen LogP contribution in [0.25, 0.3) is 0 Å². The normalized spacial score (nSPS) is 38.6. The maximum absolute atomic E-state index is 12.8. The molecule has 0 aromatic heterocycles. The Balaban J connectivity index is 1.20. The summed E-state index contributed by atoms with van der Waals surface area (Å²) in [6.45, 7) is 5.99. The number of rotatable bonds is 8. The maximum atomic E-state index is 12.8. The molecule has 3 N–H and O–H groups in total. The van der Waals surface area contributed by atoms with Gasteiger partial charge in [0.25, 0.3) is 0 Å². The van der Waals surface area contributed by atoms with Gasteiger partial charge >= 0.3 is 11.9 Å². The number of hydrogen-bond donors (Lipinski definition) is 3. The SMILES string of the molecule is CC1CCC2C(C)C(OC(=O)CCC(=O)NC(C(=O)O)C(O)c3ccccc3)OC3OC4(C)CCC1C32OO4. The van der Waals surface area contributed by atoms with Crippen LogP contribution in [0.15, 0.2) is 30.3 Å². The number of fused-ring (bicyclic) bond motifs is 2. The number of aliphatic carboxylic acids is 1. The van der Waals surface area contributed by atoms with Gasteiger partial charge in [-0.05, 0) is 43.6 Å². The van der Waals surface area contributed by atoms with E-state index in [9.17, 15) is 24.6 Å². The molecule has 0 radical (unpaired) electrons. The zero-order chi connectivity index (χ0) is 27.9. The van der Waals surface area contributed by atoms with Gasteiger partial charge in [0, 0.05) is 24.7 Å². The van der Waals surface area contributed by atoms with Gasteiger partial charge in [-0.2, -0.15) is 0 Å². The first-order chi connectivity index (χ1) is 18.5. The summed E-state index contributed by atoms with van der Waals surface area (Å²) in [5.74, 6) is -3.33. The van der Waals surface area contributed by atoms with Gasteiger partial charge in [-0.3, -0.25) is 9.59 Å². The molecule has 10 atom stereocenters. The van der Waals surface area contributed by atoms with Crippen molar-refractivity contribution >= 4 is 17.8 Å². The Hall–Kier alpha value is -2.57. The molecule has 10 unspecified atom stereocenters. The molecule has 1 aliphatic carbocycles. The van der Waals surface area contributed by atoms with E-state index in [2.05, 4.69) is 12.2 Å². The first-order valence-corrected chi connectivity index (χ1v) is 13.7. The molecule has 1 saturated carbocycles. The number of hydrogen-bond acceptors (Lipinski definition) is 9. The molecule has 4 aliphatic heterocycles. The monoisotopic (exact) mass is 547 g/mol. The van der Waals surface area contributed by atoms with E-state index in [4.69, 9.17) is 24.0 Å². The van der Waals surface area contributed by atoms with Gasteiger partial charge in [0.2, 0.25) is 18.0 Å². The standard InChI is InChI=1S/C28H37NO10/c1-15-9-10-19-16(2)25(36-26-28(19)18(15)13-14-27(3,37-26)38-39-28)35-21(31)12-11-20(30)29-22(24(33)34)23(32)17-7-5-4-6-8-17/h4-8,15-16,18-19,22-23,25-26,32H,9-14H2,1-3H3,(H,29,30)(H,33,34). The quantitative estimate of drug-likeness (QED) is 0.327. The van der Waals surface area contributed by atoms with Crippen LogP contribution >= 0.6 is 0 Å². The molecule has 11 heteroatoms. The topological polar surface area (TPSA) is 150 Å². The van der Waals surface area contributed by atoms with Crippen molar-refractivity contribution < 1.29 is 48.6 Å². The van der Waals surface area contributed by atoms with Crippen molar-refractivity contribution in [3.8, 4) is 0 Å². The number of aliphatic hydroxyl groups is 1. The summed E-state index contributed by atoms with van der Waals surface area (Å²) < 4.78 is 18.2. The van der Waals surface area contributed by atoms with Crippen LogP contribution in [0, 0.1) is 23.7 Å². The summed E-state index contributed by atoms with van der Waals surface area (Å²) in [5.41, 5.74) is -0.427. The van der Waals surface area contributed by atoms with Crippen molar-refractivity contribution in [3.05, 3.63) is 35.9 Å². The van der Waals surface area contributed by atoms with E-state index in [1.54, 1.807) is 30.3 Å². The highest BCUT2D eigenvalue weighted by Crippen LogP contribution is 2.60. The Kier molecular flexibility index (Phi) is 7.73. The van der Waals surface area contributed by atoms with Crippen LogP contribution in [0.3, 0.4) is 0 Å². The number of ether oxygens (including phenoxy) is 3. The lowest BCUT2D eigenvalue weighted by Gasteiger charge is -2.59. The number of carbonyl (C=O) groups is 3. The van der Waals surface area contributed by atoms with Gasteiger partial charge in [-0.25, -0.2) is 14.6 Å². The molecule has 1 aromatic carbocycles. The number of carboxylic acids is 1. The first kappa shape index (κ1) is 28.0. The summed E-state index contributed by atoms with van der Waals surface area (Å²) in [6.07, 6.45) is -0.297. The molecule has 2 bridgehead atoms. The lowest BCUT2D eigenvalue weighted by molar-refractivity contribution is -0.576. The Morgan fingerprint density at radius 3 is 2.54 bits per heavy atom. The molecule has 4 heterocycles. The Labute approximate surface area is 227 Å². The average molecular weight is 548 g/mol. The van der Waals surface area contributed by atoms with Crippen LogP contribution in [-0.4, -0.2) is 58.1 Å². The average Bonchev–Trinajstić information content (AvgIpc) is 3.14. The van der Waals surface area contributed by atoms with E-state index < -0.39 is 54.0 Å². The molecular weight excluding hydrogens is 510 g/mol. The van der Waals surface area contributed by atoms with Crippen LogP contribution in [0.1, 0.15) is 71.0 Å². The molecule has 11 nitrogen and oxygen atoms in total. The van der Waals surface area contributed by atoms with E-state index in [0.717, 1.165) is 19.3 Å². The number of nitrogens with one attached hydrogen (secondary N) is 1. The van der Waals surface area contributed by atoms with Gasteiger partial charge in [0.15, 0.2) is 17.9 Å². The molecule has 1 spiro atoms. The summed E-state index contributed by atoms with van der Waals surface area (Å²) in [7, 11) is 0. The van der Waals surface area contributed by atoms with E-state index in [1.165, 1.54) is 0 Å². The van der Waals surface area contributed by atoms with Gasteiger partial charge in [0.1, 0.15) is 6.10 Å². The summed E-state index contributed by atoms with van der Waals surface area (Å²) in [5, 5.41) is 22.3. The number of benzene rings is 1. The zero-order valence-corrected chi connectivity index (χ0v) is 22.4.